The van der Waals surface area contributed by atoms with E-state index in [1.807, 2.05) is 48.5 Å². The fourth-order valence-electron chi connectivity index (χ4n) is 2.82. The first kappa shape index (κ1) is 11.9. The number of hydrogen-bond donors (Lipinski definition) is 0. The molecule has 0 spiro atoms. The molecule has 3 aromatic carbocycles. The van der Waals surface area contributed by atoms with E-state index in [1.165, 1.54) is 0 Å². The molecule has 1 aliphatic heterocycles. The third-order valence-electron chi connectivity index (χ3n) is 3.75. The first-order chi connectivity index (χ1) is 10.3. The predicted molar refractivity (Wildman–Crippen MR) is 79.1 cm³/mol. The van der Waals surface area contributed by atoms with Gasteiger partial charge in [-0.2, -0.15) is 0 Å². The van der Waals surface area contributed by atoms with Gasteiger partial charge >= 0.3 is 11.9 Å². The molecule has 4 rings (SSSR count). The predicted octanol–water partition coefficient (Wildman–Crippen LogP) is 3.82. The summed E-state index contributed by atoms with van der Waals surface area (Å²) in [5, 5.41) is 2.13. The Morgan fingerprint density at radius 3 is 2.19 bits per heavy atom. The normalized spacial score (nSPS) is 13.3. The van der Waals surface area contributed by atoms with Crippen molar-refractivity contribution in [2.24, 2.45) is 0 Å². The molecule has 100 valence electrons. The van der Waals surface area contributed by atoms with E-state index in [2.05, 4.69) is 0 Å². The monoisotopic (exact) mass is 274 g/mol. The van der Waals surface area contributed by atoms with Gasteiger partial charge in [-0.3, -0.25) is 0 Å². The zero-order valence-corrected chi connectivity index (χ0v) is 11.0. The maximum Gasteiger partial charge on any atom is 0.347 e. The molecule has 0 unspecified atom stereocenters. The standard InChI is InChI=1S/C18H10O3/c19-17-15-10-4-9-14(16(15)18(20)21-17)13-8-3-6-11-5-1-2-7-12(11)13/h1-10H. The molecule has 0 saturated heterocycles. The zero-order chi connectivity index (χ0) is 14.4. The Morgan fingerprint density at radius 2 is 1.29 bits per heavy atom. The van der Waals surface area contributed by atoms with Crippen LogP contribution in [0.5, 0.6) is 0 Å². The highest BCUT2D eigenvalue weighted by Gasteiger charge is 2.32. The van der Waals surface area contributed by atoms with Crippen LogP contribution < -0.4 is 0 Å². The summed E-state index contributed by atoms with van der Waals surface area (Å²) in [5.74, 6) is -1.14. The van der Waals surface area contributed by atoms with Crippen LogP contribution in [0.4, 0.5) is 0 Å². The van der Waals surface area contributed by atoms with Crippen LogP contribution in [0.1, 0.15) is 20.7 Å². The second kappa shape index (κ2) is 4.28. The van der Waals surface area contributed by atoms with E-state index in [0.29, 0.717) is 11.1 Å². The van der Waals surface area contributed by atoms with Crippen molar-refractivity contribution in [3.63, 3.8) is 0 Å². The first-order valence-electron chi connectivity index (χ1n) is 6.63. The number of ether oxygens (including phenoxy) is 1. The van der Waals surface area contributed by atoms with Crippen LogP contribution in [0.2, 0.25) is 0 Å². The Balaban J connectivity index is 2.08. The van der Waals surface area contributed by atoms with Crippen molar-refractivity contribution in [1.82, 2.24) is 0 Å². The molecule has 0 aromatic heterocycles. The lowest BCUT2D eigenvalue weighted by molar-refractivity contribution is 0.0444. The van der Waals surface area contributed by atoms with Crippen LogP contribution >= 0.6 is 0 Å². The fraction of sp³-hybridized carbons (Fsp3) is 0. The van der Waals surface area contributed by atoms with Gasteiger partial charge in [-0.05, 0) is 28.0 Å². The van der Waals surface area contributed by atoms with Gasteiger partial charge in [0.05, 0.1) is 11.1 Å². The average molecular weight is 274 g/mol. The summed E-state index contributed by atoms with van der Waals surface area (Å²) in [5.41, 5.74) is 2.36. The molecule has 1 aliphatic rings. The fourth-order valence-corrected chi connectivity index (χ4v) is 2.82. The summed E-state index contributed by atoms with van der Waals surface area (Å²) in [6.07, 6.45) is 0. The van der Waals surface area contributed by atoms with Crippen LogP contribution in [0.25, 0.3) is 21.9 Å². The first-order valence-corrected chi connectivity index (χ1v) is 6.63. The molecule has 0 radical (unpaired) electrons. The molecule has 3 aromatic rings. The largest absolute Gasteiger partial charge is 0.386 e. The van der Waals surface area contributed by atoms with Gasteiger partial charge in [-0.1, -0.05) is 54.6 Å². The van der Waals surface area contributed by atoms with E-state index in [-0.39, 0.29) is 0 Å². The quantitative estimate of drug-likeness (QED) is 0.500. The van der Waals surface area contributed by atoms with E-state index < -0.39 is 11.9 Å². The van der Waals surface area contributed by atoms with Crippen molar-refractivity contribution >= 4 is 22.7 Å². The smallest absolute Gasteiger partial charge is 0.347 e. The van der Waals surface area contributed by atoms with Crippen molar-refractivity contribution in [2.75, 3.05) is 0 Å². The van der Waals surface area contributed by atoms with E-state index in [1.54, 1.807) is 12.1 Å². The lowest BCUT2D eigenvalue weighted by Gasteiger charge is -2.09. The second-order valence-electron chi connectivity index (χ2n) is 4.93. The second-order valence-corrected chi connectivity index (χ2v) is 4.93. The summed E-state index contributed by atoms with van der Waals surface area (Å²) < 4.78 is 4.73. The Labute approximate surface area is 120 Å². The molecule has 1 heterocycles. The van der Waals surface area contributed by atoms with Crippen LogP contribution in [-0.4, -0.2) is 11.9 Å². The van der Waals surface area contributed by atoms with Crippen molar-refractivity contribution in [2.45, 2.75) is 0 Å². The van der Waals surface area contributed by atoms with Gasteiger partial charge in [0.2, 0.25) is 0 Å². The number of rotatable bonds is 1. The average Bonchev–Trinajstić information content (AvgIpc) is 2.82. The van der Waals surface area contributed by atoms with Gasteiger partial charge in [-0.25, -0.2) is 9.59 Å². The molecule has 21 heavy (non-hydrogen) atoms. The van der Waals surface area contributed by atoms with E-state index in [4.69, 9.17) is 4.74 Å². The van der Waals surface area contributed by atoms with Gasteiger partial charge in [0.25, 0.3) is 0 Å². The topological polar surface area (TPSA) is 43.4 Å². The zero-order valence-electron chi connectivity index (χ0n) is 11.0. The molecular formula is C18H10O3. The van der Waals surface area contributed by atoms with Crippen molar-refractivity contribution < 1.29 is 14.3 Å². The summed E-state index contributed by atoms with van der Waals surface area (Å²) in [6.45, 7) is 0. The van der Waals surface area contributed by atoms with Crippen LogP contribution in [0, 0.1) is 0 Å². The Bertz CT molecular complexity index is 904. The SMILES string of the molecule is O=C1OC(=O)c2c1cccc2-c1cccc2ccccc12. The maximum atomic E-state index is 12.0. The number of carbonyl (C=O) groups excluding carboxylic acids is 2. The third kappa shape index (κ3) is 1.68. The van der Waals surface area contributed by atoms with Gasteiger partial charge in [0, 0.05) is 0 Å². The molecule has 0 bridgehead atoms. The molecule has 0 amide bonds. The summed E-state index contributed by atoms with van der Waals surface area (Å²) in [4.78, 5) is 23.6. The molecule has 3 nitrogen and oxygen atoms in total. The van der Waals surface area contributed by atoms with E-state index in [0.717, 1.165) is 21.9 Å². The number of carbonyl (C=O) groups is 2. The molecule has 0 N–H and O–H groups in total. The minimum absolute atomic E-state index is 0.338. The highest BCUT2D eigenvalue weighted by atomic mass is 16.6. The highest BCUT2D eigenvalue weighted by Crippen LogP contribution is 2.35. The lowest BCUT2D eigenvalue weighted by Crippen LogP contribution is -1.98. The van der Waals surface area contributed by atoms with Gasteiger partial charge in [-0.15, -0.1) is 0 Å². The Kier molecular flexibility index (Phi) is 2.42. The lowest BCUT2D eigenvalue weighted by atomic mass is 9.93. The highest BCUT2D eigenvalue weighted by molar-refractivity contribution is 6.19. The summed E-state index contributed by atoms with van der Waals surface area (Å²) in [7, 11) is 0. The van der Waals surface area contributed by atoms with Crippen molar-refractivity contribution in [3.05, 3.63) is 71.8 Å². The molecular weight excluding hydrogens is 264 g/mol. The number of benzene rings is 3. The number of fused-ring (bicyclic) bond motifs is 2. The Hall–Kier alpha value is -2.94. The number of esters is 2. The van der Waals surface area contributed by atoms with Crippen LogP contribution in [0.15, 0.2) is 60.7 Å². The van der Waals surface area contributed by atoms with Gasteiger partial charge < -0.3 is 4.74 Å². The Morgan fingerprint density at radius 1 is 0.619 bits per heavy atom. The van der Waals surface area contributed by atoms with Crippen LogP contribution in [-0.2, 0) is 4.74 Å². The van der Waals surface area contributed by atoms with Gasteiger partial charge in [0.15, 0.2) is 0 Å². The van der Waals surface area contributed by atoms with E-state index in [9.17, 15) is 9.59 Å². The molecule has 3 heteroatoms. The minimum atomic E-state index is -0.572. The maximum absolute atomic E-state index is 12.0. The summed E-state index contributed by atoms with van der Waals surface area (Å²) in [6, 6.07) is 19.1. The van der Waals surface area contributed by atoms with Crippen molar-refractivity contribution in [3.8, 4) is 11.1 Å². The minimum Gasteiger partial charge on any atom is -0.386 e. The van der Waals surface area contributed by atoms with E-state index >= 15 is 0 Å². The molecule has 0 fully saturated rings. The summed E-state index contributed by atoms with van der Waals surface area (Å²) >= 11 is 0. The molecule has 0 atom stereocenters. The van der Waals surface area contributed by atoms with Gasteiger partial charge in [0.1, 0.15) is 0 Å². The number of cyclic esters (lactones) is 2. The van der Waals surface area contributed by atoms with Crippen molar-refractivity contribution in [1.29, 1.82) is 0 Å². The molecule has 0 aliphatic carbocycles. The molecule has 0 saturated carbocycles. The van der Waals surface area contributed by atoms with Crippen LogP contribution in [0.3, 0.4) is 0 Å². The third-order valence-corrected chi connectivity index (χ3v) is 3.75. The number of hydrogen-bond acceptors (Lipinski definition) is 3.